The number of anilines is 1. The van der Waals surface area contributed by atoms with E-state index in [4.69, 9.17) is 4.74 Å². The molecule has 28 heavy (non-hydrogen) atoms. The second kappa shape index (κ2) is 6.06. The fraction of sp³-hybridized carbons (Fsp3) is 0.565. The fourth-order valence-corrected chi connectivity index (χ4v) is 7.87. The van der Waals surface area contributed by atoms with Crippen molar-refractivity contribution in [3.63, 3.8) is 0 Å². The molecule has 2 atom stereocenters. The van der Waals surface area contributed by atoms with Crippen LogP contribution in [0.4, 0.5) is 5.13 Å². The number of nitrogens with one attached hydrogen (secondary N) is 1. The van der Waals surface area contributed by atoms with Gasteiger partial charge in [0.15, 0.2) is 5.13 Å². The third-order valence-corrected chi connectivity index (χ3v) is 7.98. The second-order valence-electron chi connectivity index (χ2n) is 10.1. The highest BCUT2D eigenvalue weighted by Crippen LogP contribution is 2.69. The summed E-state index contributed by atoms with van der Waals surface area (Å²) in [5.41, 5.74) is 2.40. The number of thiazole rings is 1. The minimum Gasteiger partial charge on any atom is -0.497 e. The van der Waals surface area contributed by atoms with Crippen molar-refractivity contribution < 1.29 is 9.53 Å². The molecule has 4 aliphatic rings. The van der Waals surface area contributed by atoms with E-state index in [0.29, 0.717) is 21.9 Å². The van der Waals surface area contributed by atoms with Gasteiger partial charge in [-0.2, -0.15) is 0 Å². The van der Waals surface area contributed by atoms with Gasteiger partial charge < -0.3 is 10.1 Å². The van der Waals surface area contributed by atoms with Gasteiger partial charge in [0.2, 0.25) is 5.91 Å². The molecule has 1 amide bonds. The number of hydrogen-bond acceptors (Lipinski definition) is 4. The zero-order valence-electron chi connectivity index (χ0n) is 16.9. The predicted molar refractivity (Wildman–Crippen MR) is 113 cm³/mol. The largest absolute Gasteiger partial charge is 0.497 e. The zero-order chi connectivity index (χ0) is 19.6. The molecule has 0 saturated heterocycles. The summed E-state index contributed by atoms with van der Waals surface area (Å²) >= 11 is 1.51. The number of aromatic nitrogens is 1. The van der Waals surface area contributed by atoms with E-state index in [2.05, 4.69) is 24.1 Å². The van der Waals surface area contributed by atoms with Crippen LogP contribution in [0.25, 0.3) is 11.3 Å². The smallest absolute Gasteiger partial charge is 0.232 e. The maximum atomic E-state index is 13.4. The molecule has 2 aromatic rings. The van der Waals surface area contributed by atoms with Crippen molar-refractivity contribution in [1.29, 1.82) is 0 Å². The van der Waals surface area contributed by atoms with E-state index < -0.39 is 0 Å². The van der Waals surface area contributed by atoms with Gasteiger partial charge in [-0.25, -0.2) is 4.98 Å². The monoisotopic (exact) mass is 396 g/mol. The summed E-state index contributed by atoms with van der Waals surface area (Å²) in [6.07, 6.45) is 7.02. The number of ether oxygens (including phenoxy) is 1. The first kappa shape index (κ1) is 18.2. The van der Waals surface area contributed by atoms with Crippen molar-refractivity contribution in [2.75, 3.05) is 12.4 Å². The molecule has 4 saturated carbocycles. The minimum atomic E-state index is -0.200. The van der Waals surface area contributed by atoms with Gasteiger partial charge in [-0.3, -0.25) is 4.79 Å². The van der Waals surface area contributed by atoms with Crippen LogP contribution in [0.1, 0.15) is 52.4 Å². The van der Waals surface area contributed by atoms with E-state index in [1.54, 1.807) is 7.11 Å². The molecule has 5 heteroatoms. The Morgan fingerprint density at radius 3 is 2.39 bits per heavy atom. The van der Waals surface area contributed by atoms with Crippen molar-refractivity contribution >= 4 is 22.4 Å². The number of hydrogen-bond donors (Lipinski definition) is 1. The maximum Gasteiger partial charge on any atom is 0.232 e. The molecule has 4 bridgehead atoms. The Morgan fingerprint density at radius 1 is 1.11 bits per heavy atom. The number of benzene rings is 1. The second-order valence-corrected chi connectivity index (χ2v) is 11.0. The number of nitrogens with zero attached hydrogens (tertiary/aromatic N) is 1. The van der Waals surface area contributed by atoms with E-state index in [1.807, 2.05) is 29.6 Å². The highest BCUT2D eigenvalue weighted by atomic mass is 32.1. The Bertz CT molecular complexity index is 901. The number of amides is 1. The Kier molecular flexibility index (Phi) is 3.93. The third-order valence-electron chi connectivity index (χ3n) is 7.22. The summed E-state index contributed by atoms with van der Waals surface area (Å²) in [4.78, 5) is 18.1. The van der Waals surface area contributed by atoms with Crippen LogP contribution in [0, 0.1) is 22.2 Å². The Labute approximate surface area is 170 Å². The molecular formula is C23H28N2O2S. The van der Waals surface area contributed by atoms with Crippen molar-refractivity contribution in [3.05, 3.63) is 29.6 Å². The minimum absolute atomic E-state index is 0.199. The molecule has 4 nitrogen and oxygen atoms in total. The summed E-state index contributed by atoms with van der Waals surface area (Å²) < 4.78 is 5.22. The van der Waals surface area contributed by atoms with Crippen LogP contribution in [-0.2, 0) is 4.79 Å². The fourth-order valence-electron chi connectivity index (χ4n) is 7.16. The van der Waals surface area contributed by atoms with Crippen LogP contribution < -0.4 is 10.1 Å². The first-order chi connectivity index (χ1) is 13.3. The summed E-state index contributed by atoms with van der Waals surface area (Å²) in [5.74, 6) is 1.74. The summed E-state index contributed by atoms with van der Waals surface area (Å²) in [5, 5.41) is 5.91. The van der Waals surface area contributed by atoms with Gasteiger partial charge in [0.25, 0.3) is 0 Å². The van der Waals surface area contributed by atoms with E-state index in [0.717, 1.165) is 36.3 Å². The first-order valence-corrected chi connectivity index (χ1v) is 11.1. The molecule has 4 aliphatic carbocycles. The van der Waals surface area contributed by atoms with Crippen molar-refractivity contribution in [1.82, 2.24) is 4.98 Å². The molecule has 0 aliphatic heterocycles. The maximum absolute atomic E-state index is 13.4. The van der Waals surface area contributed by atoms with Gasteiger partial charge in [-0.15, -0.1) is 11.3 Å². The van der Waals surface area contributed by atoms with E-state index in [-0.39, 0.29) is 11.3 Å². The average molecular weight is 397 g/mol. The number of methoxy groups -OCH3 is 1. The van der Waals surface area contributed by atoms with Gasteiger partial charge in [0.05, 0.1) is 18.2 Å². The Morgan fingerprint density at radius 2 is 1.79 bits per heavy atom. The van der Waals surface area contributed by atoms with Crippen molar-refractivity contribution in [2.24, 2.45) is 22.2 Å². The molecule has 1 aromatic heterocycles. The summed E-state index contributed by atoms with van der Waals surface area (Å²) in [6, 6.07) is 7.87. The van der Waals surface area contributed by atoms with Gasteiger partial charge in [0.1, 0.15) is 5.75 Å². The standard InChI is InChI=1S/C23H28N2O2S/c1-21-8-15-9-22(2,12-21)14-23(10-15,13-21)19(26)25-20-24-18(11-28-20)16-4-6-17(27-3)7-5-16/h4-7,11,15H,8-10,12-14H2,1-3H3,(H,24,25,26)/t15?,21-,22-,23?/m1/s1. The molecule has 1 heterocycles. The van der Waals surface area contributed by atoms with Crippen LogP contribution in [0.2, 0.25) is 0 Å². The van der Waals surface area contributed by atoms with Gasteiger partial charge in [-0.1, -0.05) is 13.8 Å². The van der Waals surface area contributed by atoms with Crippen LogP contribution >= 0.6 is 11.3 Å². The van der Waals surface area contributed by atoms with E-state index in [9.17, 15) is 4.79 Å². The molecule has 0 radical (unpaired) electrons. The lowest BCUT2D eigenvalue weighted by atomic mass is 9.40. The summed E-state index contributed by atoms with van der Waals surface area (Å²) in [6.45, 7) is 4.81. The molecule has 0 unspecified atom stereocenters. The SMILES string of the molecule is COc1ccc(-c2csc(NC(=O)C34CC5C[C@@](C)(C3)C[C@@](C)(C5)C4)n2)cc1. The lowest BCUT2D eigenvalue weighted by Crippen LogP contribution is -2.58. The van der Waals surface area contributed by atoms with E-state index in [1.165, 1.54) is 30.6 Å². The highest BCUT2D eigenvalue weighted by Gasteiger charge is 2.62. The lowest BCUT2D eigenvalue weighted by Gasteiger charge is -2.64. The van der Waals surface area contributed by atoms with Crippen LogP contribution in [0.3, 0.4) is 0 Å². The van der Waals surface area contributed by atoms with Crippen LogP contribution in [0.15, 0.2) is 29.6 Å². The van der Waals surface area contributed by atoms with E-state index >= 15 is 0 Å². The van der Waals surface area contributed by atoms with Gasteiger partial charge in [-0.05, 0) is 79.5 Å². The summed E-state index contributed by atoms with van der Waals surface area (Å²) in [7, 11) is 1.66. The normalized spacial score (nSPS) is 35.8. The first-order valence-electron chi connectivity index (χ1n) is 10.2. The number of carbonyl (C=O) groups excluding carboxylic acids is 1. The average Bonchev–Trinajstić information content (AvgIpc) is 3.07. The molecule has 6 rings (SSSR count). The Balaban J connectivity index is 1.35. The van der Waals surface area contributed by atoms with Crippen molar-refractivity contribution in [2.45, 2.75) is 52.4 Å². The van der Waals surface area contributed by atoms with Gasteiger partial charge in [0, 0.05) is 10.9 Å². The lowest BCUT2D eigenvalue weighted by molar-refractivity contribution is -0.165. The topological polar surface area (TPSA) is 51.2 Å². The zero-order valence-corrected chi connectivity index (χ0v) is 17.7. The molecule has 148 valence electrons. The Hall–Kier alpha value is -1.88. The molecule has 1 N–H and O–H groups in total. The quantitative estimate of drug-likeness (QED) is 0.715. The van der Waals surface area contributed by atoms with Gasteiger partial charge >= 0.3 is 0 Å². The van der Waals surface area contributed by atoms with Crippen LogP contribution in [-0.4, -0.2) is 18.0 Å². The van der Waals surface area contributed by atoms with Crippen molar-refractivity contribution in [3.8, 4) is 17.0 Å². The number of rotatable bonds is 4. The molecule has 4 fully saturated rings. The molecular weight excluding hydrogens is 368 g/mol. The predicted octanol–water partition coefficient (Wildman–Crippen LogP) is 5.75. The molecule has 0 spiro atoms. The number of carbonyl (C=O) groups is 1. The molecule has 1 aromatic carbocycles. The third kappa shape index (κ3) is 2.95. The highest BCUT2D eigenvalue weighted by molar-refractivity contribution is 7.14. The van der Waals surface area contributed by atoms with Crippen LogP contribution in [0.5, 0.6) is 5.75 Å².